The highest BCUT2D eigenvalue weighted by Crippen LogP contribution is 2.41. The van der Waals surface area contributed by atoms with Crippen LogP contribution in [0.2, 0.25) is 0 Å². The zero-order valence-corrected chi connectivity index (χ0v) is 40.4. The van der Waals surface area contributed by atoms with Crippen LogP contribution in [-0.2, 0) is 54.6 Å². The third-order valence-corrected chi connectivity index (χ3v) is 13.9. The number of likely N-dealkylation sites (N-methyl/N-ethyl adjacent to an activating group) is 2. The summed E-state index contributed by atoms with van der Waals surface area (Å²) in [5.74, 6) is -1.75. The molecule has 6 bridgehead atoms. The standard InChI is InChI=1S/C49H65N9O7S/c1-10-42(59)54(7)25-31-18-21-56(26-31)48(63)55(8)43(30(3)4)45(60)52-37-23-41-51-39(28-66-41)32-16-17-40-34(22-32)35(44(57(40)11-2)33-14-12-19-50-38(33)27-64-9)24-49(5,6)29-65-47(62)36-15-13-20-58(53-36)46(37)61/h10,12,14,16-17,19,22,28,30-31,36-37,43,53H,1,11,13,15,18,20-21,23-27,29H2,2-9H3,(H,52,60)/t31-,36+,37+,43?/m1/s1. The van der Waals surface area contributed by atoms with Gasteiger partial charge in [-0.3, -0.25) is 29.2 Å². The molecule has 7 rings (SSSR count). The zero-order valence-electron chi connectivity index (χ0n) is 39.6. The number of carbonyl (C=O) groups excluding carboxylic acids is 5. The lowest BCUT2D eigenvalue weighted by atomic mass is 9.84. The van der Waals surface area contributed by atoms with Crippen molar-refractivity contribution in [1.29, 1.82) is 0 Å². The van der Waals surface area contributed by atoms with E-state index in [4.69, 9.17) is 19.4 Å². The Morgan fingerprint density at radius 1 is 1.15 bits per heavy atom. The van der Waals surface area contributed by atoms with E-state index in [1.54, 1.807) is 37.2 Å². The van der Waals surface area contributed by atoms with Gasteiger partial charge in [-0.05, 0) is 80.3 Å². The summed E-state index contributed by atoms with van der Waals surface area (Å²) in [4.78, 5) is 83.7. The van der Waals surface area contributed by atoms with E-state index in [-0.39, 0.29) is 36.8 Å². The smallest absolute Gasteiger partial charge is 0.324 e. The molecule has 16 nitrogen and oxygen atoms in total. The topological polar surface area (TPSA) is 172 Å². The number of pyridine rings is 1. The monoisotopic (exact) mass is 923 g/mol. The van der Waals surface area contributed by atoms with Gasteiger partial charge < -0.3 is 34.1 Å². The van der Waals surface area contributed by atoms with E-state index in [9.17, 15) is 24.0 Å². The third-order valence-electron chi connectivity index (χ3n) is 13.0. The number of ether oxygens (including phenoxy) is 2. The van der Waals surface area contributed by atoms with Crippen molar-refractivity contribution in [1.82, 2.24) is 45.0 Å². The summed E-state index contributed by atoms with van der Waals surface area (Å²) in [6.45, 7) is 16.5. The van der Waals surface area contributed by atoms with Crippen molar-refractivity contribution in [2.45, 2.75) is 98.0 Å². The number of thiazole rings is 1. The maximum Gasteiger partial charge on any atom is 0.324 e. The molecule has 5 amide bonds. The van der Waals surface area contributed by atoms with E-state index in [2.05, 4.69) is 66.9 Å². The highest BCUT2D eigenvalue weighted by molar-refractivity contribution is 7.10. The number of methoxy groups -OCH3 is 1. The maximum absolute atomic E-state index is 14.6. The molecule has 17 heteroatoms. The Labute approximate surface area is 391 Å². The van der Waals surface area contributed by atoms with Crippen LogP contribution >= 0.6 is 11.3 Å². The van der Waals surface area contributed by atoms with Gasteiger partial charge in [0.05, 0.1) is 35.3 Å². The van der Waals surface area contributed by atoms with Gasteiger partial charge in [0.1, 0.15) is 18.1 Å². The van der Waals surface area contributed by atoms with Gasteiger partial charge in [-0.15, -0.1) is 11.3 Å². The maximum atomic E-state index is 14.6. The fraction of sp³-hybridized carbons (Fsp3) is 0.531. The quantitative estimate of drug-likeness (QED) is 0.141. The number of fused-ring (bicyclic) bond motifs is 6. The van der Waals surface area contributed by atoms with E-state index in [1.807, 2.05) is 25.3 Å². The van der Waals surface area contributed by atoms with Gasteiger partial charge in [-0.2, -0.15) is 0 Å². The van der Waals surface area contributed by atoms with Crippen molar-refractivity contribution >= 4 is 52.0 Å². The van der Waals surface area contributed by atoms with Gasteiger partial charge in [0.2, 0.25) is 11.8 Å². The minimum absolute atomic E-state index is 0.0804. The Hall–Kier alpha value is -5.65. The number of amides is 5. The largest absolute Gasteiger partial charge is 0.464 e. The van der Waals surface area contributed by atoms with Crippen molar-refractivity contribution in [2.24, 2.45) is 17.3 Å². The van der Waals surface area contributed by atoms with Gasteiger partial charge in [0, 0.05) is 99.4 Å². The number of hydrogen-bond donors (Lipinski definition) is 2. The van der Waals surface area contributed by atoms with Gasteiger partial charge in [0.25, 0.3) is 5.91 Å². The van der Waals surface area contributed by atoms with Crippen LogP contribution < -0.4 is 10.7 Å². The Balaban J connectivity index is 1.22. The number of urea groups is 1. The molecule has 0 aliphatic carbocycles. The van der Waals surface area contributed by atoms with Crippen molar-refractivity contribution < 1.29 is 33.4 Å². The van der Waals surface area contributed by atoms with Crippen LogP contribution in [0.25, 0.3) is 33.4 Å². The first kappa shape index (κ1) is 48.3. The summed E-state index contributed by atoms with van der Waals surface area (Å²) in [5.41, 5.74) is 9.28. The number of rotatable bonds is 11. The Morgan fingerprint density at radius 2 is 1.94 bits per heavy atom. The van der Waals surface area contributed by atoms with E-state index in [0.29, 0.717) is 63.6 Å². The lowest BCUT2D eigenvalue weighted by Gasteiger charge is -2.37. The summed E-state index contributed by atoms with van der Waals surface area (Å²) in [6, 6.07) is 7.32. The number of aromatic nitrogens is 3. The summed E-state index contributed by atoms with van der Waals surface area (Å²) in [6.07, 6.45) is 5.45. The predicted octanol–water partition coefficient (Wildman–Crippen LogP) is 5.68. The van der Waals surface area contributed by atoms with E-state index in [0.717, 1.165) is 51.1 Å². The highest BCUT2D eigenvalue weighted by atomic mass is 32.1. The molecule has 6 heterocycles. The molecule has 2 fully saturated rings. The van der Waals surface area contributed by atoms with E-state index in [1.165, 1.54) is 27.3 Å². The number of likely N-dealkylation sites (tertiary alicyclic amines) is 1. The van der Waals surface area contributed by atoms with Crippen molar-refractivity contribution in [3.63, 3.8) is 0 Å². The second kappa shape index (κ2) is 20.5. The Kier molecular flexibility index (Phi) is 15.0. The van der Waals surface area contributed by atoms with E-state index >= 15 is 0 Å². The molecule has 1 aromatic carbocycles. The van der Waals surface area contributed by atoms with Crippen LogP contribution in [-0.4, -0.2) is 136 Å². The van der Waals surface area contributed by atoms with E-state index < -0.39 is 41.3 Å². The van der Waals surface area contributed by atoms with Gasteiger partial charge in [0.15, 0.2) is 0 Å². The van der Waals surface area contributed by atoms with Gasteiger partial charge in [-0.1, -0.05) is 40.3 Å². The number of carbonyl (C=O) groups is 5. The minimum Gasteiger partial charge on any atom is -0.464 e. The van der Waals surface area contributed by atoms with Gasteiger partial charge >= 0.3 is 12.0 Å². The molecule has 66 heavy (non-hydrogen) atoms. The molecule has 0 spiro atoms. The van der Waals surface area contributed by atoms with Crippen LogP contribution in [0.3, 0.4) is 0 Å². The number of nitrogens with one attached hydrogen (secondary N) is 2. The molecule has 0 radical (unpaired) electrons. The van der Waals surface area contributed by atoms with Gasteiger partial charge in [-0.25, -0.2) is 15.2 Å². The van der Waals surface area contributed by atoms with Crippen LogP contribution in [0.15, 0.2) is 54.6 Å². The SMILES string of the molecule is C=CC(=O)N(C)C[C@H]1CCN(C(=O)N(C)C(C(=O)N[C@H]2Cc3nc(cs3)-c3ccc4c(c3)c(c(-c3cccnc3COC)n4CC)CC(C)(C)COC(=O)[C@@H]3CCCN(N3)C2=O)C(C)C)C1. The number of benzene rings is 1. The molecule has 4 atom stereocenters. The van der Waals surface area contributed by atoms with Crippen molar-refractivity contribution in [3.8, 4) is 22.5 Å². The van der Waals surface area contributed by atoms with Crippen LogP contribution in [0, 0.1) is 17.3 Å². The summed E-state index contributed by atoms with van der Waals surface area (Å²) < 4.78 is 14.0. The van der Waals surface area contributed by atoms with Crippen LogP contribution in [0.5, 0.6) is 0 Å². The fourth-order valence-electron chi connectivity index (χ4n) is 9.73. The average molecular weight is 924 g/mol. The number of nitrogens with zero attached hydrogens (tertiary/aromatic N) is 7. The molecule has 0 saturated carbocycles. The van der Waals surface area contributed by atoms with Crippen LogP contribution in [0.1, 0.15) is 70.1 Å². The first-order chi connectivity index (χ1) is 31.5. The molecule has 3 aliphatic rings. The number of hydrogen-bond acceptors (Lipinski definition) is 11. The molecular weight excluding hydrogens is 859 g/mol. The molecule has 4 aromatic rings. The molecule has 354 valence electrons. The lowest BCUT2D eigenvalue weighted by Crippen LogP contribution is -2.62. The van der Waals surface area contributed by atoms with Crippen molar-refractivity contribution in [2.75, 3.05) is 54.0 Å². The summed E-state index contributed by atoms with van der Waals surface area (Å²) >= 11 is 1.41. The molecule has 2 saturated heterocycles. The normalized spacial score (nSPS) is 20.5. The minimum atomic E-state index is -1.08. The first-order valence-corrected chi connectivity index (χ1v) is 23.9. The lowest BCUT2D eigenvalue weighted by molar-refractivity contribution is -0.155. The van der Waals surface area contributed by atoms with Crippen LogP contribution in [0.4, 0.5) is 4.79 Å². The zero-order chi connectivity index (χ0) is 47.4. The predicted molar refractivity (Wildman–Crippen MR) is 254 cm³/mol. The highest BCUT2D eigenvalue weighted by Gasteiger charge is 2.40. The Morgan fingerprint density at radius 3 is 2.67 bits per heavy atom. The number of hydrazine groups is 1. The first-order valence-electron chi connectivity index (χ1n) is 23.0. The number of esters is 1. The second-order valence-corrected chi connectivity index (χ2v) is 19.9. The molecule has 1 unspecified atom stereocenters. The second-order valence-electron chi connectivity index (χ2n) is 19.0. The third kappa shape index (κ3) is 10.3. The average Bonchev–Trinajstić information content (AvgIpc) is 4.05. The Bertz CT molecular complexity index is 2460. The fourth-order valence-corrected chi connectivity index (χ4v) is 10.6. The summed E-state index contributed by atoms with van der Waals surface area (Å²) in [5, 5.41) is 8.13. The molecule has 2 N–H and O–H groups in total. The van der Waals surface area contributed by atoms with Crippen molar-refractivity contribution in [3.05, 3.63) is 70.8 Å². The molecule has 3 aliphatic heterocycles. The number of aryl methyl sites for hydroxylation is 1. The molecule has 3 aromatic heterocycles. The molecular formula is C49H65N9O7S. The summed E-state index contributed by atoms with van der Waals surface area (Å²) in [7, 11) is 5.00. The number of cyclic esters (lactones) is 1.